The number of benzene rings is 1. The number of rotatable bonds is 6. The number of fused-ring (bicyclic) bond motifs is 1. The number of carbonyl (C=O) groups is 1. The molecule has 5 heteroatoms. The summed E-state index contributed by atoms with van der Waals surface area (Å²) in [6.07, 6.45) is 0.797. The third-order valence-electron chi connectivity index (χ3n) is 3.53. The van der Waals surface area contributed by atoms with Crippen LogP contribution >= 0.6 is 0 Å². The Morgan fingerprint density at radius 1 is 1.33 bits per heavy atom. The fraction of sp³-hybridized carbons (Fsp3) is 0.438. The minimum atomic E-state index is -0.112. The maximum Gasteiger partial charge on any atom is 0.289 e. The quantitative estimate of drug-likeness (QED) is 0.768. The van der Waals surface area contributed by atoms with Crippen molar-refractivity contribution in [3.05, 3.63) is 29.5 Å². The van der Waals surface area contributed by atoms with Crippen LogP contribution in [0, 0.1) is 6.92 Å². The first-order valence-corrected chi connectivity index (χ1v) is 6.90. The van der Waals surface area contributed by atoms with E-state index in [0.29, 0.717) is 24.5 Å². The van der Waals surface area contributed by atoms with Crippen molar-refractivity contribution in [2.24, 2.45) is 0 Å². The lowest BCUT2D eigenvalue weighted by atomic mass is 10.1. The summed E-state index contributed by atoms with van der Waals surface area (Å²) in [4.78, 5) is 14.1. The second kappa shape index (κ2) is 6.63. The summed E-state index contributed by atoms with van der Waals surface area (Å²) in [5.74, 6) is 1.02. The molecular formula is C16H21NO4. The number of nitrogens with zero attached hydrogens (tertiary/aromatic N) is 1. The van der Waals surface area contributed by atoms with Gasteiger partial charge >= 0.3 is 0 Å². The summed E-state index contributed by atoms with van der Waals surface area (Å²) in [5, 5.41) is 0.906. The van der Waals surface area contributed by atoms with Gasteiger partial charge in [-0.25, -0.2) is 0 Å². The summed E-state index contributed by atoms with van der Waals surface area (Å²) < 4.78 is 15.9. The molecule has 21 heavy (non-hydrogen) atoms. The van der Waals surface area contributed by atoms with Crippen molar-refractivity contribution in [3.63, 3.8) is 0 Å². The summed E-state index contributed by atoms with van der Waals surface area (Å²) in [7, 11) is 5.04. The predicted molar refractivity (Wildman–Crippen MR) is 81.0 cm³/mol. The molecule has 0 atom stereocenters. The van der Waals surface area contributed by atoms with Crippen LogP contribution < -0.4 is 4.74 Å². The topological polar surface area (TPSA) is 51.9 Å². The minimum Gasteiger partial charge on any atom is -0.497 e. The molecule has 1 heterocycles. The van der Waals surface area contributed by atoms with Gasteiger partial charge in [0, 0.05) is 38.3 Å². The van der Waals surface area contributed by atoms with Gasteiger partial charge < -0.3 is 18.8 Å². The third-order valence-corrected chi connectivity index (χ3v) is 3.53. The highest BCUT2D eigenvalue weighted by Gasteiger charge is 2.21. The van der Waals surface area contributed by atoms with Crippen LogP contribution in [0.3, 0.4) is 0 Å². The van der Waals surface area contributed by atoms with Crippen molar-refractivity contribution < 1.29 is 18.7 Å². The lowest BCUT2D eigenvalue weighted by Gasteiger charge is -2.15. The molecule has 0 N–H and O–H groups in total. The number of hydrogen-bond acceptors (Lipinski definition) is 4. The van der Waals surface area contributed by atoms with Gasteiger partial charge in [-0.3, -0.25) is 4.79 Å². The van der Waals surface area contributed by atoms with E-state index in [1.54, 1.807) is 26.2 Å². The highest BCUT2D eigenvalue weighted by molar-refractivity contribution is 5.99. The van der Waals surface area contributed by atoms with Crippen LogP contribution in [0.25, 0.3) is 11.0 Å². The first-order valence-electron chi connectivity index (χ1n) is 6.90. The van der Waals surface area contributed by atoms with Crippen LogP contribution in [0.4, 0.5) is 0 Å². The van der Waals surface area contributed by atoms with Gasteiger partial charge in [0.15, 0.2) is 5.76 Å². The van der Waals surface area contributed by atoms with Crippen LogP contribution in [0.1, 0.15) is 22.5 Å². The number of hydrogen-bond donors (Lipinski definition) is 0. The van der Waals surface area contributed by atoms with Gasteiger partial charge in [-0.15, -0.1) is 0 Å². The molecule has 0 aliphatic rings. The molecule has 1 aromatic carbocycles. The molecule has 0 unspecified atom stereocenters. The molecule has 0 aliphatic carbocycles. The molecule has 1 amide bonds. The second-order valence-electron chi connectivity index (χ2n) is 4.99. The average molecular weight is 291 g/mol. The standard InChI is InChI=1S/C16H21NO4/c1-11-13-10-12(20-4)6-7-14(13)21-15(11)16(18)17(2)8-5-9-19-3/h6-7,10H,5,8-9H2,1-4H3. The molecule has 0 radical (unpaired) electrons. The fourth-order valence-electron chi connectivity index (χ4n) is 2.25. The van der Waals surface area contributed by atoms with E-state index < -0.39 is 0 Å². The number of ether oxygens (including phenoxy) is 2. The first-order chi connectivity index (χ1) is 10.1. The van der Waals surface area contributed by atoms with E-state index in [1.807, 2.05) is 25.1 Å². The van der Waals surface area contributed by atoms with Gasteiger partial charge in [-0.2, -0.15) is 0 Å². The lowest BCUT2D eigenvalue weighted by Crippen LogP contribution is -2.28. The van der Waals surface area contributed by atoms with Gasteiger partial charge in [0.25, 0.3) is 5.91 Å². The summed E-state index contributed by atoms with van der Waals surface area (Å²) in [5.41, 5.74) is 1.54. The fourth-order valence-corrected chi connectivity index (χ4v) is 2.25. The van der Waals surface area contributed by atoms with Crippen molar-refractivity contribution in [1.29, 1.82) is 0 Å². The van der Waals surface area contributed by atoms with Gasteiger partial charge in [-0.05, 0) is 31.5 Å². The number of amides is 1. The molecule has 5 nitrogen and oxygen atoms in total. The normalized spacial score (nSPS) is 10.9. The van der Waals surface area contributed by atoms with Crippen LogP contribution in [-0.4, -0.2) is 45.2 Å². The van der Waals surface area contributed by atoms with E-state index in [2.05, 4.69) is 0 Å². The van der Waals surface area contributed by atoms with Crippen LogP contribution in [0.15, 0.2) is 22.6 Å². The van der Waals surface area contributed by atoms with E-state index in [4.69, 9.17) is 13.9 Å². The Balaban J connectivity index is 2.25. The van der Waals surface area contributed by atoms with Crippen LogP contribution in [0.2, 0.25) is 0 Å². The zero-order chi connectivity index (χ0) is 15.4. The SMILES string of the molecule is COCCCN(C)C(=O)c1oc2ccc(OC)cc2c1C. The smallest absolute Gasteiger partial charge is 0.289 e. The molecule has 1 aromatic heterocycles. The number of carbonyl (C=O) groups excluding carboxylic acids is 1. The van der Waals surface area contributed by atoms with E-state index in [9.17, 15) is 4.79 Å². The van der Waals surface area contributed by atoms with Crippen molar-refractivity contribution in [1.82, 2.24) is 4.90 Å². The van der Waals surface area contributed by atoms with E-state index in [-0.39, 0.29) is 5.91 Å². The maximum absolute atomic E-state index is 12.4. The average Bonchev–Trinajstić information content (AvgIpc) is 2.83. The highest BCUT2D eigenvalue weighted by Crippen LogP contribution is 2.29. The van der Waals surface area contributed by atoms with Crippen molar-refractivity contribution in [2.75, 3.05) is 34.4 Å². The monoisotopic (exact) mass is 291 g/mol. The third kappa shape index (κ3) is 3.19. The summed E-state index contributed by atoms with van der Waals surface area (Å²) in [6, 6.07) is 5.53. The Morgan fingerprint density at radius 2 is 2.10 bits per heavy atom. The van der Waals surface area contributed by atoms with E-state index >= 15 is 0 Å². The molecule has 0 aliphatic heterocycles. The van der Waals surface area contributed by atoms with Crippen molar-refractivity contribution in [3.8, 4) is 5.75 Å². The summed E-state index contributed by atoms with van der Waals surface area (Å²) >= 11 is 0. The zero-order valence-corrected chi connectivity index (χ0v) is 12.9. The van der Waals surface area contributed by atoms with E-state index in [0.717, 1.165) is 23.1 Å². The van der Waals surface area contributed by atoms with Crippen LogP contribution in [0.5, 0.6) is 5.75 Å². The maximum atomic E-state index is 12.4. The predicted octanol–water partition coefficient (Wildman–Crippen LogP) is 2.86. The Kier molecular flexibility index (Phi) is 4.85. The molecule has 0 bridgehead atoms. The molecule has 0 saturated carbocycles. The minimum absolute atomic E-state index is 0.112. The largest absolute Gasteiger partial charge is 0.497 e. The zero-order valence-electron chi connectivity index (χ0n) is 12.9. The Bertz CT molecular complexity index is 632. The number of aryl methyl sites for hydroxylation is 1. The molecule has 0 spiro atoms. The number of methoxy groups -OCH3 is 2. The Labute approximate surface area is 124 Å². The molecule has 0 fully saturated rings. The van der Waals surface area contributed by atoms with Crippen LogP contribution in [-0.2, 0) is 4.74 Å². The molecule has 2 rings (SSSR count). The molecule has 114 valence electrons. The lowest BCUT2D eigenvalue weighted by molar-refractivity contribution is 0.0749. The van der Waals surface area contributed by atoms with Crippen molar-refractivity contribution >= 4 is 16.9 Å². The van der Waals surface area contributed by atoms with Gasteiger partial charge in [0.2, 0.25) is 0 Å². The first kappa shape index (κ1) is 15.4. The summed E-state index contributed by atoms with van der Waals surface area (Å²) in [6.45, 7) is 3.15. The highest BCUT2D eigenvalue weighted by atomic mass is 16.5. The van der Waals surface area contributed by atoms with Gasteiger partial charge in [0.05, 0.1) is 7.11 Å². The Morgan fingerprint density at radius 3 is 2.76 bits per heavy atom. The van der Waals surface area contributed by atoms with Gasteiger partial charge in [-0.1, -0.05) is 0 Å². The van der Waals surface area contributed by atoms with Gasteiger partial charge in [0.1, 0.15) is 11.3 Å². The number of furan rings is 1. The molecular weight excluding hydrogens is 270 g/mol. The van der Waals surface area contributed by atoms with Crippen molar-refractivity contribution in [2.45, 2.75) is 13.3 Å². The van der Waals surface area contributed by atoms with E-state index in [1.165, 1.54) is 0 Å². The second-order valence-corrected chi connectivity index (χ2v) is 4.99. The molecule has 2 aromatic rings. The molecule has 0 saturated heterocycles. The Hall–Kier alpha value is -2.01.